The first-order valence-electron chi connectivity index (χ1n) is 3.53. The Morgan fingerprint density at radius 1 is 1.67 bits per heavy atom. The van der Waals surface area contributed by atoms with Gasteiger partial charge in [0.05, 0.1) is 0 Å². The highest BCUT2D eigenvalue weighted by atomic mass is 32.2. The standard InChI is InChI=1S/C6H5N3O4S2/c1-3-2-4(14-5(3)6(10)11)15(12,13)9-8-7/h2H,1H3,(H,10,11). The molecule has 1 rings (SSSR count). The zero-order chi connectivity index (χ0) is 11.6. The van der Waals surface area contributed by atoms with Gasteiger partial charge in [-0.25, -0.2) is 13.2 Å². The van der Waals surface area contributed by atoms with Crippen molar-refractivity contribution in [2.24, 2.45) is 4.52 Å². The minimum absolute atomic E-state index is 0.0817. The first-order valence-corrected chi connectivity index (χ1v) is 5.79. The fraction of sp³-hybridized carbons (Fsp3) is 0.167. The molecule has 0 aliphatic heterocycles. The quantitative estimate of drug-likeness (QED) is 0.496. The molecule has 0 atom stereocenters. The van der Waals surface area contributed by atoms with Crippen molar-refractivity contribution in [1.29, 1.82) is 0 Å². The maximum atomic E-state index is 11.2. The second kappa shape index (κ2) is 3.89. The number of hydrogen-bond donors (Lipinski definition) is 1. The van der Waals surface area contributed by atoms with E-state index >= 15 is 0 Å². The maximum Gasteiger partial charge on any atom is 0.346 e. The van der Waals surface area contributed by atoms with Crippen LogP contribution in [-0.4, -0.2) is 19.5 Å². The average molecular weight is 247 g/mol. The number of aryl methyl sites for hydroxylation is 1. The van der Waals surface area contributed by atoms with Crippen LogP contribution in [0.3, 0.4) is 0 Å². The molecule has 7 nitrogen and oxygen atoms in total. The molecule has 1 aromatic rings. The van der Waals surface area contributed by atoms with Crippen LogP contribution in [0.1, 0.15) is 15.2 Å². The third kappa shape index (κ3) is 2.27. The summed E-state index contributed by atoms with van der Waals surface area (Å²) < 4.78 is 24.8. The summed E-state index contributed by atoms with van der Waals surface area (Å²) in [4.78, 5) is 12.7. The Labute approximate surface area is 88.7 Å². The van der Waals surface area contributed by atoms with Crippen molar-refractivity contribution in [1.82, 2.24) is 0 Å². The molecule has 0 fully saturated rings. The largest absolute Gasteiger partial charge is 0.477 e. The number of aromatic carboxylic acids is 1. The van der Waals surface area contributed by atoms with Crippen LogP contribution >= 0.6 is 11.3 Å². The van der Waals surface area contributed by atoms with Gasteiger partial charge >= 0.3 is 5.97 Å². The molecule has 0 amide bonds. The summed E-state index contributed by atoms with van der Waals surface area (Å²) in [5, 5.41) is 8.69. The Bertz CT molecular complexity index is 553. The normalized spacial score (nSPS) is 10.7. The predicted molar refractivity (Wildman–Crippen MR) is 52.3 cm³/mol. The molecule has 1 aromatic heterocycles. The zero-order valence-electron chi connectivity index (χ0n) is 7.41. The van der Waals surface area contributed by atoms with Crippen LogP contribution in [0, 0.1) is 6.92 Å². The number of carboxylic acid groups (broad SMARTS) is 1. The van der Waals surface area contributed by atoms with Crippen LogP contribution in [0.2, 0.25) is 0 Å². The van der Waals surface area contributed by atoms with Gasteiger partial charge in [-0.1, -0.05) is 0 Å². The molecule has 0 bridgehead atoms. The Kier molecular flexibility index (Phi) is 2.98. The van der Waals surface area contributed by atoms with Gasteiger partial charge in [-0.2, -0.15) is 0 Å². The summed E-state index contributed by atoms with van der Waals surface area (Å²) in [7, 11) is -4.08. The topological polar surface area (TPSA) is 120 Å². The van der Waals surface area contributed by atoms with Gasteiger partial charge in [-0.05, 0) is 24.1 Å². The van der Waals surface area contributed by atoms with Crippen molar-refractivity contribution in [2.75, 3.05) is 0 Å². The van der Waals surface area contributed by atoms with E-state index in [-0.39, 0.29) is 9.09 Å². The molecule has 80 valence electrons. The van der Waals surface area contributed by atoms with E-state index in [4.69, 9.17) is 10.6 Å². The third-order valence-corrected chi connectivity index (χ3v) is 4.30. The molecule has 0 saturated carbocycles. The number of nitrogens with zero attached hydrogens (tertiary/aromatic N) is 3. The first kappa shape index (κ1) is 11.5. The van der Waals surface area contributed by atoms with E-state index in [9.17, 15) is 13.2 Å². The van der Waals surface area contributed by atoms with Gasteiger partial charge in [0.2, 0.25) is 0 Å². The van der Waals surface area contributed by atoms with Crippen LogP contribution < -0.4 is 0 Å². The number of thiophene rings is 1. The van der Waals surface area contributed by atoms with Crippen LogP contribution in [0.4, 0.5) is 0 Å². The molecule has 0 aromatic carbocycles. The average Bonchev–Trinajstić information content (AvgIpc) is 2.47. The van der Waals surface area contributed by atoms with Crippen molar-refractivity contribution in [3.05, 3.63) is 26.9 Å². The smallest absolute Gasteiger partial charge is 0.346 e. The van der Waals surface area contributed by atoms with Gasteiger partial charge in [-0.3, -0.25) is 0 Å². The third-order valence-electron chi connectivity index (χ3n) is 1.49. The number of azide groups is 1. The monoisotopic (exact) mass is 247 g/mol. The van der Waals surface area contributed by atoms with Gasteiger partial charge in [0.25, 0.3) is 10.0 Å². The highest BCUT2D eigenvalue weighted by Crippen LogP contribution is 2.27. The molecular formula is C6H5N3O4S2. The van der Waals surface area contributed by atoms with Crippen molar-refractivity contribution in [2.45, 2.75) is 11.1 Å². The van der Waals surface area contributed by atoms with Gasteiger partial charge in [0.15, 0.2) is 0 Å². The Balaban J connectivity index is 3.37. The molecular weight excluding hydrogens is 242 g/mol. The number of carbonyl (C=O) groups is 1. The van der Waals surface area contributed by atoms with E-state index in [1.54, 1.807) is 0 Å². The molecule has 15 heavy (non-hydrogen) atoms. The minimum Gasteiger partial charge on any atom is -0.477 e. The minimum atomic E-state index is -4.08. The second-order valence-electron chi connectivity index (χ2n) is 2.53. The van der Waals surface area contributed by atoms with Crippen molar-refractivity contribution >= 4 is 27.3 Å². The molecule has 9 heteroatoms. The van der Waals surface area contributed by atoms with E-state index in [0.717, 1.165) is 6.07 Å². The maximum absolute atomic E-state index is 11.2. The molecule has 1 heterocycles. The van der Waals surface area contributed by atoms with Crippen molar-refractivity contribution in [3.8, 4) is 0 Å². The van der Waals surface area contributed by atoms with Crippen molar-refractivity contribution in [3.63, 3.8) is 0 Å². The molecule has 0 radical (unpaired) electrons. The summed E-state index contributed by atoms with van der Waals surface area (Å²) in [5.41, 5.74) is 8.33. The first-order chi connectivity index (χ1) is 6.88. The Hall–Kier alpha value is -1.57. The molecule has 0 spiro atoms. The fourth-order valence-corrected chi connectivity index (χ4v) is 2.90. The van der Waals surface area contributed by atoms with E-state index in [0.29, 0.717) is 16.9 Å². The lowest BCUT2D eigenvalue weighted by Gasteiger charge is -1.88. The van der Waals surface area contributed by atoms with E-state index in [1.807, 2.05) is 0 Å². The summed E-state index contributed by atoms with van der Waals surface area (Å²) in [6, 6.07) is 1.16. The molecule has 1 N–H and O–H groups in total. The predicted octanol–water partition coefficient (Wildman–Crippen LogP) is 1.75. The fourth-order valence-electron chi connectivity index (χ4n) is 0.881. The number of hydrogen-bond acceptors (Lipinski definition) is 4. The summed E-state index contributed by atoms with van der Waals surface area (Å²) in [6.45, 7) is 1.47. The molecule has 0 saturated heterocycles. The number of sulfonamides is 1. The lowest BCUT2D eigenvalue weighted by Crippen LogP contribution is -1.93. The Morgan fingerprint density at radius 2 is 2.27 bits per heavy atom. The molecule has 0 unspecified atom stereocenters. The molecule has 0 aliphatic rings. The van der Waals surface area contributed by atoms with Gasteiger partial charge < -0.3 is 5.11 Å². The highest BCUT2D eigenvalue weighted by Gasteiger charge is 2.20. The van der Waals surface area contributed by atoms with E-state index in [1.165, 1.54) is 6.92 Å². The van der Waals surface area contributed by atoms with Gasteiger partial charge in [0.1, 0.15) is 9.09 Å². The lowest BCUT2D eigenvalue weighted by molar-refractivity contribution is 0.0701. The molecule has 0 aliphatic carbocycles. The number of carboxylic acids is 1. The van der Waals surface area contributed by atoms with E-state index < -0.39 is 16.0 Å². The SMILES string of the molecule is Cc1cc(S(=O)(=O)N=[N+]=[N-])sc1C(=O)O. The number of rotatable bonds is 3. The highest BCUT2D eigenvalue weighted by molar-refractivity contribution is 7.92. The van der Waals surface area contributed by atoms with Crippen LogP contribution in [0.25, 0.3) is 10.4 Å². The van der Waals surface area contributed by atoms with Crippen LogP contribution in [0.15, 0.2) is 14.8 Å². The van der Waals surface area contributed by atoms with Crippen molar-refractivity contribution < 1.29 is 18.3 Å². The Morgan fingerprint density at radius 3 is 2.67 bits per heavy atom. The second-order valence-corrected chi connectivity index (χ2v) is 5.39. The zero-order valence-corrected chi connectivity index (χ0v) is 9.04. The van der Waals surface area contributed by atoms with Gasteiger partial charge in [0, 0.05) is 9.43 Å². The lowest BCUT2D eigenvalue weighted by atomic mass is 10.3. The summed E-state index contributed by atoms with van der Waals surface area (Å²) in [5.74, 6) is -1.21. The summed E-state index contributed by atoms with van der Waals surface area (Å²) >= 11 is 0.562. The van der Waals surface area contributed by atoms with E-state index in [2.05, 4.69) is 9.43 Å². The van der Waals surface area contributed by atoms with Gasteiger partial charge in [-0.15, -0.1) is 11.3 Å². The van der Waals surface area contributed by atoms with Crippen LogP contribution in [-0.2, 0) is 10.0 Å². The van der Waals surface area contributed by atoms with Crippen LogP contribution in [0.5, 0.6) is 0 Å². The summed E-state index contributed by atoms with van der Waals surface area (Å²) in [6.07, 6.45) is 0.